The summed E-state index contributed by atoms with van der Waals surface area (Å²) in [5.74, 6) is -0.00130. The number of aromatic nitrogens is 4. The minimum atomic E-state index is -3.09. The van der Waals surface area contributed by atoms with Crippen LogP contribution in [0.1, 0.15) is 41.1 Å². The van der Waals surface area contributed by atoms with Crippen molar-refractivity contribution in [2.75, 3.05) is 35.3 Å². The van der Waals surface area contributed by atoms with Crippen molar-refractivity contribution in [2.45, 2.75) is 32.6 Å². The number of imidazole rings is 1. The Morgan fingerprint density at radius 2 is 1.94 bits per heavy atom. The molecule has 1 fully saturated rings. The Bertz CT molecular complexity index is 1520. The van der Waals surface area contributed by atoms with E-state index in [9.17, 15) is 13.2 Å². The van der Waals surface area contributed by atoms with Crippen LogP contribution in [0.15, 0.2) is 47.5 Å². The molecule has 0 aliphatic carbocycles. The van der Waals surface area contributed by atoms with E-state index in [1.165, 1.54) is 18.9 Å². The molecule has 0 bridgehead atoms. The number of oxazole rings is 1. The van der Waals surface area contributed by atoms with Gasteiger partial charge in [0.05, 0.1) is 22.8 Å². The number of piperidine rings is 1. The Morgan fingerprint density at radius 3 is 2.69 bits per heavy atom. The van der Waals surface area contributed by atoms with Crippen LogP contribution in [0, 0.1) is 6.92 Å². The number of hydrogen-bond acceptors (Lipinski definition) is 8. The molecule has 1 saturated heterocycles. The topological polar surface area (TPSA) is 123 Å². The molecule has 1 amide bonds. The highest BCUT2D eigenvalue weighted by Crippen LogP contribution is 2.31. The van der Waals surface area contributed by atoms with Crippen LogP contribution >= 0.6 is 0 Å². The van der Waals surface area contributed by atoms with Crippen molar-refractivity contribution in [3.63, 3.8) is 0 Å². The summed E-state index contributed by atoms with van der Waals surface area (Å²) in [5, 5.41) is 3.00. The molecule has 4 aromatic heterocycles. The molecule has 0 atom stereocenters. The third kappa shape index (κ3) is 5.40. The molecule has 1 aliphatic rings. The minimum Gasteiger partial charge on any atom is -0.444 e. The molecule has 11 heteroatoms. The maximum absolute atomic E-state index is 13.2. The highest BCUT2D eigenvalue weighted by atomic mass is 32.2. The van der Waals surface area contributed by atoms with Gasteiger partial charge in [-0.3, -0.25) is 9.78 Å². The number of carbonyl (C=O) groups excluding carboxylic acids is 1. The summed E-state index contributed by atoms with van der Waals surface area (Å²) in [6.45, 7) is 3.65. The number of fused-ring (bicyclic) bond motifs is 1. The zero-order valence-electron chi connectivity index (χ0n) is 20.3. The van der Waals surface area contributed by atoms with Crippen molar-refractivity contribution >= 4 is 32.8 Å². The van der Waals surface area contributed by atoms with Crippen LogP contribution < -0.4 is 10.2 Å². The zero-order chi connectivity index (χ0) is 25.3. The third-order valence-electron chi connectivity index (χ3n) is 6.18. The molecular weight excluding hydrogens is 480 g/mol. The average molecular weight is 509 g/mol. The molecule has 4 aromatic rings. The highest BCUT2D eigenvalue weighted by molar-refractivity contribution is 7.90. The molecule has 0 radical (unpaired) electrons. The fourth-order valence-electron chi connectivity index (χ4n) is 4.35. The van der Waals surface area contributed by atoms with Gasteiger partial charge >= 0.3 is 0 Å². The smallest absolute Gasteiger partial charge is 0.277 e. The monoisotopic (exact) mass is 508 g/mol. The number of amides is 1. The van der Waals surface area contributed by atoms with E-state index in [1.54, 1.807) is 18.5 Å². The van der Waals surface area contributed by atoms with Crippen LogP contribution in [-0.4, -0.2) is 58.8 Å². The fourth-order valence-corrected chi connectivity index (χ4v) is 4.93. The molecule has 1 aliphatic heterocycles. The molecule has 0 aromatic carbocycles. The Labute approximate surface area is 209 Å². The van der Waals surface area contributed by atoms with Gasteiger partial charge in [-0.1, -0.05) is 0 Å². The van der Waals surface area contributed by atoms with E-state index < -0.39 is 9.84 Å². The van der Waals surface area contributed by atoms with Crippen LogP contribution in [0.2, 0.25) is 0 Å². The number of nitrogens with one attached hydrogen (secondary N) is 1. The second-order valence-electron chi connectivity index (χ2n) is 9.18. The van der Waals surface area contributed by atoms with Crippen LogP contribution in [0.4, 0.5) is 11.4 Å². The fraction of sp³-hybridized carbons (Fsp3) is 0.360. The predicted molar refractivity (Wildman–Crippen MR) is 137 cm³/mol. The van der Waals surface area contributed by atoms with Crippen molar-refractivity contribution in [1.29, 1.82) is 0 Å². The normalized spacial score (nSPS) is 14.3. The van der Waals surface area contributed by atoms with Crippen LogP contribution in [-0.2, 0) is 16.3 Å². The molecule has 1 N–H and O–H groups in total. The molecule has 0 saturated carbocycles. The lowest BCUT2D eigenvalue weighted by Crippen LogP contribution is -2.30. The number of aryl methyl sites for hydroxylation is 2. The number of hydrogen-bond donors (Lipinski definition) is 1. The Hall–Kier alpha value is -3.73. The summed E-state index contributed by atoms with van der Waals surface area (Å²) >= 11 is 0. The first-order chi connectivity index (χ1) is 17.2. The van der Waals surface area contributed by atoms with Crippen molar-refractivity contribution in [3.05, 3.63) is 60.1 Å². The van der Waals surface area contributed by atoms with Crippen molar-refractivity contribution in [2.24, 2.45) is 0 Å². The first-order valence-electron chi connectivity index (χ1n) is 11.9. The van der Waals surface area contributed by atoms with Gasteiger partial charge in [0.15, 0.2) is 5.69 Å². The summed E-state index contributed by atoms with van der Waals surface area (Å²) in [6, 6.07) is 5.57. The second kappa shape index (κ2) is 9.73. The maximum Gasteiger partial charge on any atom is 0.277 e. The van der Waals surface area contributed by atoms with Crippen molar-refractivity contribution < 1.29 is 17.6 Å². The number of pyridine rings is 2. The number of anilines is 2. The first kappa shape index (κ1) is 24.0. The number of sulfone groups is 1. The molecule has 0 unspecified atom stereocenters. The van der Waals surface area contributed by atoms with Gasteiger partial charge in [-0.25, -0.2) is 18.4 Å². The highest BCUT2D eigenvalue weighted by Gasteiger charge is 2.21. The van der Waals surface area contributed by atoms with Gasteiger partial charge < -0.3 is 19.0 Å². The molecule has 36 heavy (non-hydrogen) atoms. The van der Waals surface area contributed by atoms with Crippen molar-refractivity contribution in [3.8, 4) is 11.5 Å². The predicted octanol–water partition coefficient (Wildman–Crippen LogP) is 3.52. The lowest BCUT2D eigenvalue weighted by Gasteiger charge is -2.30. The van der Waals surface area contributed by atoms with E-state index in [0.29, 0.717) is 29.3 Å². The minimum absolute atomic E-state index is 0.0327. The standard InChI is InChI=1S/C25H28N6O4S/c1-17-12-18(6-8-26-17)25-29-21(16-35-25)24(32)28-20-15-31-14-19(7-11-36(2,33)34)27-23(31)13-22(20)30-9-4-3-5-10-30/h6,8,12-16H,3-5,7,9-11H2,1-2H3,(H,28,32). The largest absolute Gasteiger partial charge is 0.444 e. The summed E-state index contributed by atoms with van der Waals surface area (Å²) < 4.78 is 30.6. The maximum atomic E-state index is 13.2. The van der Waals surface area contributed by atoms with E-state index in [2.05, 4.69) is 25.2 Å². The Kier molecular flexibility index (Phi) is 6.48. The number of carbonyl (C=O) groups is 1. The second-order valence-corrected chi connectivity index (χ2v) is 11.4. The molecular formula is C25H28N6O4S. The summed E-state index contributed by atoms with van der Waals surface area (Å²) in [6.07, 6.45) is 11.5. The quantitative estimate of drug-likeness (QED) is 0.402. The van der Waals surface area contributed by atoms with E-state index >= 15 is 0 Å². The van der Waals surface area contributed by atoms with Gasteiger partial charge in [0.25, 0.3) is 5.91 Å². The summed E-state index contributed by atoms with van der Waals surface area (Å²) in [5.41, 5.74) is 4.64. The van der Waals surface area contributed by atoms with Gasteiger partial charge in [-0.05, 0) is 38.3 Å². The van der Waals surface area contributed by atoms with Gasteiger partial charge in [-0.15, -0.1) is 0 Å². The number of nitrogens with zero attached hydrogens (tertiary/aromatic N) is 5. The van der Waals surface area contributed by atoms with Crippen LogP contribution in [0.5, 0.6) is 0 Å². The lowest BCUT2D eigenvalue weighted by molar-refractivity contribution is 0.102. The Morgan fingerprint density at radius 1 is 1.14 bits per heavy atom. The third-order valence-corrected chi connectivity index (χ3v) is 7.12. The Balaban J connectivity index is 1.44. The average Bonchev–Trinajstić information content (AvgIpc) is 3.50. The number of rotatable bonds is 7. The summed E-state index contributed by atoms with van der Waals surface area (Å²) in [4.78, 5) is 28.6. The van der Waals surface area contributed by atoms with E-state index in [4.69, 9.17) is 4.42 Å². The van der Waals surface area contributed by atoms with Gasteiger partial charge in [0.1, 0.15) is 21.7 Å². The van der Waals surface area contributed by atoms with Gasteiger partial charge in [-0.2, -0.15) is 0 Å². The molecule has 5 rings (SSSR count). The van der Waals surface area contributed by atoms with E-state index in [0.717, 1.165) is 42.9 Å². The molecule has 0 spiro atoms. The van der Waals surface area contributed by atoms with Crippen LogP contribution in [0.3, 0.4) is 0 Å². The van der Waals surface area contributed by atoms with Gasteiger partial charge in [0.2, 0.25) is 5.89 Å². The van der Waals surface area contributed by atoms with E-state index in [-0.39, 0.29) is 17.4 Å². The van der Waals surface area contributed by atoms with E-state index in [1.807, 2.05) is 29.7 Å². The summed E-state index contributed by atoms with van der Waals surface area (Å²) in [7, 11) is -3.09. The molecule has 5 heterocycles. The van der Waals surface area contributed by atoms with Crippen LogP contribution in [0.25, 0.3) is 17.1 Å². The first-order valence-corrected chi connectivity index (χ1v) is 14.0. The molecule has 10 nitrogen and oxygen atoms in total. The van der Waals surface area contributed by atoms with Gasteiger partial charge in [0, 0.05) is 61.7 Å². The zero-order valence-corrected chi connectivity index (χ0v) is 21.1. The SMILES string of the molecule is Cc1cc(-c2nc(C(=O)Nc3cn4cc(CCS(C)(=O)=O)nc4cc3N3CCCCC3)co2)ccn1. The van der Waals surface area contributed by atoms with Crippen molar-refractivity contribution in [1.82, 2.24) is 19.4 Å². The molecule has 188 valence electrons. The lowest BCUT2D eigenvalue weighted by atomic mass is 10.1.